The smallest absolute Gasteiger partial charge is 0.0346 e. The summed E-state index contributed by atoms with van der Waals surface area (Å²) >= 11 is 5.87. The second-order valence-electron chi connectivity index (χ2n) is 4.85. The standard InChI is InChI=1S/C16H17BrIN/c1-10-4-3-5-11(2)13(10)9-16(19)14-8-12(17)6-7-15(14)18/h3-8,16H,9,19H2,1-2H3. The van der Waals surface area contributed by atoms with Gasteiger partial charge < -0.3 is 5.73 Å². The molecule has 2 aromatic rings. The van der Waals surface area contributed by atoms with Crippen LogP contribution in [0.15, 0.2) is 40.9 Å². The van der Waals surface area contributed by atoms with Gasteiger partial charge in [-0.2, -0.15) is 0 Å². The van der Waals surface area contributed by atoms with Gasteiger partial charge in [0.15, 0.2) is 0 Å². The minimum absolute atomic E-state index is 0.0317. The highest BCUT2D eigenvalue weighted by Crippen LogP contribution is 2.27. The molecule has 19 heavy (non-hydrogen) atoms. The Kier molecular flexibility index (Phi) is 5.03. The van der Waals surface area contributed by atoms with Gasteiger partial charge in [-0.15, -0.1) is 0 Å². The molecule has 1 nitrogen and oxygen atoms in total. The predicted molar refractivity (Wildman–Crippen MR) is 93.4 cm³/mol. The summed E-state index contributed by atoms with van der Waals surface area (Å²) in [6.45, 7) is 4.31. The summed E-state index contributed by atoms with van der Waals surface area (Å²) in [6.07, 6.45) is 0.880. The normalized spacial score (nSPS) is 12.5. The molecule has 0 amide bonds. The van der Waals surface area contributed by atoms with E-state index in [0.29, 0.717) is 0 Å². The van der Waals surface area contributed by atoms with Gasteiger partial charge in [-0.1, -0.05) is 34.1 Å². The van der Waals surface area contributed by atoms with Crippen LogP contribution in [0.4, 0.5) is 0 Å². The van der Waals surface area contributed by atoms with Gasteiger partial charge in [0, 0.05) is 14.1 Å². The summed E-state index contributed by atoms with van der Waals surface area (Å²) in [5.41, 5.74) is 11.6. The van der Waals surface area contributed by atoms with Crippen LogP contribution in [0.5, 0.6) is 0 Å². The molecule has 0 radical (unpaired) electrons. The summed E-state index contributed by atoms with van der Waals surface area (Å²) in [5, 5.41) is 0. The monoisotopic (exact) mass is 429 g/mol. The van der Waals surface area contributed by atoms with E-state index in [-0.39, 0.29) is 6.04 Å². The maximum absolute atomic E-state index is 6.41. The Morgan fingerprint density at radius 3 is 2.42 bits per heavy atom. The molecule has 0 aliphatic carbocycles. The molecule has 0 saturated carbocycles. The quantitative estimate of drug-likeness (QED) is 0.689. The van der Waals surface area contributed by atoms with Gasteiger partial charge in [-0.3, -0.25) is 0 Å². The Hall–Kier alpha value is -0.390. The highest BCUT2D eigenvalue weighted by Gasteiger charge is 2.13. The van der Waals surface area contributed by atoms with Gasteiger partial charge >= 0.3 is 0 Å². The minimum atomic E-state index is 0.0317. The Balaban J connectivity index is 2.31. The van der Waals surface area contributed by atoms with Crippen molar-refractivity contribution in [3.05, 3.63) is 66.7 Å². The van der Waals surface area contributed by atoms with E-state index in [1.165, 1.54) is 25.8 Å². The van der Waals surface area contributed by atoms with E-state index in [4.69, 9.17) is 5.73 Å². The van der Waals surface area contributed by atoms with Crippen molar-refractivity contribution in [3.63, 3.8) is 0 Å². The molecule has 0 aliphatic heterocycles. The third kappa shape index (κ3) is 3.58. The molecule has 0 bridgehead atoms. The number of halogens is 2. The highest BCUT2D eigenvalue weighted by atomic mass is 127. The average molecular weight is 430 g/mol. The summed E-state index contributed by atoms with van der Waals surface area (Å²) < 4.78 is 2.31. The molecule has 0 aliphatic rings. The van der Waals surface area contributed by atoms with Gasteiger partial charge in [0.05, 0.1) is 0 Å². The molecule has 1 unspecified atom stereocenters. The molecule has 2 N–H and O–H groups in total. The van der Waals surface area contributed by atoms with Crippen molar-refractivity contribution in [2.75, 3.05) is 0 Å². The van der Waals surface area contributed by atoms with Gasteiger partial charge in [-0.05, 0) is 83.3 Å². The van der Waals surface area contributed by atoms with E-state index in [9.17, 15) is 0 Å². The molecule has 100 valence electrons. The van der Waals surface area contributed by atoms with Crippen LogP contribution in [0.3, 0.4) is 0 Å². The molecule has 1 atom stereocenters. The van der Waals surface area contributed by atoms with Crippen LogP contribution in [0.2, 0.25) is 0 Å². The largest absolute Gasteiger partial charge is 0.324 e. The van der Waals surface area contributed by atoms with Crippen LogP contribution in [-0.4, -0.2) is 0 Å². The summed E-state index contributed by atoms with van der Waals surface area (Å²) in [5.74, 6) is 0. The molecule has 0 heterocycles. The number of hydrogen-bond donors (Lipinski definition) is 1. The van der Waals surface area contributed by atoms with Crippen LogP contribution in [0.1, 0.15) is 28.3 Å². The van der Waals surface area contributed by atoms with Crippen LogP contribution in [-0.2, 0) is 6.42 Å². The van der Waals surface area contributed by atoms with Crippen molar-refractivity contribution in [3.8, 4) is 0 Å². The number of aryl methyl sites for hydroxylation is 2. The molecular formula is C16H17BrIN. The lowest BCUT2D eigenvalue weighted by Gasteiger charge is -2.17. The van der Waals surface area contributed by atoms with Crippen LogP contribution < -0.4 is 5.73 Å². The van der Waals surface area contributed by atoms with Gasteiger partial charge in [0.2, 0.25) is 0 Å². The first-order chi connectivity index (χ1) is 8.99. The number of benzene rings is 2. The van der Waals surface area contributed by atoms with Crippen molar-refractivity contribution >= 4 is 38.5 Å². The lowest BCUT2D eigenvalue weighted by Crippen LogP contribution is -2.16. The second kappa shape index (κ2) is 6.37. The topological polar surface area (TPSA) is 26.0 Å². The first kappa shape index (κ1) is 15.0. The summed E-state index contributed by atoms with van der Waals surface area (Å²) in [4.78, 5) is 0. The molecule has 2 aromatic carbocycles. The lowest BCUT2D eigenvalue weighted by molar-refractivity contribution is 0.711. The Morgan fingerprint density at radius 1 is 1.16 bits per heavy atom. The number of rotatable bonds is 3. The average Bonchev–Trinajstić information content (AvgIpc) is 2.37. The first-order valence-electron chi connectivity index (χ1n) is 6.24. The lowest BCUT2D eigenvalue weighted by atomic mass is 9.93. The molecule has 0 spiro atoms. The van der Waals surface area contributed by atoms with E-state index < -0.39 is 0 Å². The molecule has 0 aromatic heterocycles. The number of nitrogens with two attached hydrogens (primary N) is 1. The van der Waals surface area contributed by atoms with E-state index in [0.717, 1.165) is 10.9 Å². The molecule has 2 rings (SSSR count). The van der Waals surface area contributed by atoms with Gasteiger partial charge in [-0.25, -0.2) is 0 Å². The third-order valence-electron chi connectivity index (χ3n) is 3.43. The van der Waals surface area contributed by atoms with Gasteiger partial charge in [0.1, 0.15) is 0 Å². The fourth-order valence-electron chi connectivity index (χ4n) is 2.30. The maximum Gasteiger partial charge on any atom is 0.0346 e. The zero-order valence-electron chi connectivity index (χ0n) is 11.1. The predicted octanol–water partition coefficient (Wildman–Crippen LogP) is 4.91. The van der Waals surface area contributed by atoms with Crippen LogP contribution in [0.25, 0.3) is 0 Å². The highest BCUT2D eigenvalue weighted by molar-refractivity contribution is 14.1. The van der Waals surface area contributed by atoms with Crippen LogP contribution in [0, 0.1) is 17.4 Å². The Morgan fingerprint density at radius 2 is 1.79 bits per heavy atom. The fraction of sp³-hybridized carbons (Fsp3) is 0.250. The van der Waals surface area contributed by atoms with E-state index in [1.54, 1.807) is 0 Å². The van der Waals surface area contributed by atoms with Crippen molar-refractivity contribution < 1.29 is 0 Å². The second-order valence-corrected chi connectivity index (χ2v) is 6.92. The minimum Gasteiger partial charge on any atom is -0.324 e. The Bertz CT molecular complexity index is 575. The molecule has 3 heteroatoms. The molecular weight excluding hydrogens is 413 g/mol. The van der Waals surface area contributed by atoms with Crippen molar-refractivity contribution in [2.24, 2.45) is 5.73 Å². The SMILES string of the molecule is Cc1cccc(C)c1CC(N)c1cc(Br)ccc1I. The fourth-order valence-corrected chi connectivity index (χ4v) is 3.41. The molecule has 0 saturated heterocycles. The van der Waals surface area contributed by atoms with Crippen molar-refractivity contribution in [2.45, 2.75) is 26.3 Å². The third-order valence-corrected chi connectivity index (χ3v) is 4.90. The van der Waals surface area contributed by atoms with E-state index in [2.05, 4.69) is 88.8 Å². The summed E-state index contributed by atoms with van der Waals surface area (Å²) in [6, 6.07) is 12.7. The zero-order valence-corrected chi connectivity index (χ0v) is 14.8. The number of hydrogen-bond acceptors (Lipinski definition) is 1. The van der Waals surface area contributed by atoms with Crippen molar-refractivity contribution in [1.29, 1.82) is 0 Å². The van der Waals surface area contributed by atoms with Crippen LogP contribution >= 0.6 is 38.5 Å². The first-order valence-corrected chi connectivity index (χ1v) is 8.12. The van der Waals surface area contributed by atoms with Gasteiger partial charge in [0.25, 0.3) is 0 Å². The Labute approximate surface area is 136 Å². The van der Waals surface area contributed by atoms with E-state index in [1.807, 2.05) is 0 Å². The zero-order chi connectivity index (χ0) is 14.0. The summed E-state index contributed by atoms with van der Waals surface area (Å²) in [7, 11) is 0. The maximum atomic E-state index is 6.41. The molecule has 0 fully saturated rings. The van der Waals surface area contributed by atoms with Crippen molar-refractivity contribution in [1.82, 2.24) is 0 Å². The van der Waals surface area contributed by atoms with E-state index >= 15 is 0 Å².